The van der Waals surface area contributed by atoms with E-state index in [0.29, 0.717) is 24.1 Å². The number of piperazine rings is 1. The van der Waals surface area contributed by atoms with Crippen molar-refractivity contribution in [3.8, 4) is 0 Å². The molecule has 2 aromatic rings. The first-order chi connectivity index (χ1) is 13.0. The summed E-state index contributed by atoms with van der Waals surface area (Å²) >= 11 is 5.87. The van der Waals surface area contributed by atoms with E-state index in [1.165, 1.54) is 0 Å². The number of aryl methyl sites for hydroxylation is 1. The van der Waals surface area contributed by atoms with Crippen molar-refractivity contribution < 1.29 is 9.90 Å². The number of aliphatic hydroxyl groups excluding tert-OH is 1. The van der Waals surface area contributed by atoms with E-state index in [4.69, 9.17) is 11.6 Å². The van der Waals surface area contributed by atoms with Crippen LogP contribution in [0.5, 0.6) is 0 Å². The van der Waals surface area contributed by atoms with Gasteiger partial charge in [-0.2, -0.15) is 5.10 Å². The van der Waals surface area contributed by atoms with Gasteiger partial charge in [-0.15, -0.1) is 24.0 Å². The number of rotatable bonds is 4. The lowest BCUT2D eigenvalue weighted by Crippen LogP contribution is -2.55. The van der Waals surface area contributed by atoms with Crippen LogP contribution in [0.4, 0.5) is 5.69 Å². The van der Waals surface area contributed by atoms with Crippen molar-refractivity contribution in [2.24, 2.45) is 12.0 Å². The predicted octanol–water partition coefficient (Wildman–Crippen LogP) is 1.65. The topological polar surface area (TPSA) is 86.0 Å². The fourth-order valence-corrected chi connectivity index (χ4v) is 3.12. The average Bonchev–Trinajstić information content (AvgIpc) is 3.09. The highest BCUT2D eigenvalue weighted by Crippen LogP contribution is 2.17. The molecule has 1 amide bonds. The molecule has 1 saturated heterocycles. The summed E-state index contributed by atoms with van der Waals surface area (Å²) in [5, 5.41) is 18.2. The minimum Gasteiger partial charge on any atom is -0.387 e. The number of carbonyl (C=O) groups is 1. The van der Waals surface area contributed by atoms with Crippen LogP contribution in [0.3, 0.4) is 0 Å². The summed E-state index contributed by atoms with van der Waals surface area (Å²) in [5.74, 6) is 0.567. The first-order valence-corrected chi connectivity index (χ1v) is 9.04. The molecule has 10 heteroatoms. The molecule has 1 atom stereocenters. The van der Waals surface area contributed by atoms with Crippen LogP contribution < -0.4 is 10.2 Å². The average molecular weight is 519 g/mol. The normalized spacial score (nSPS) is 16.0. The second-order valence-electron chi connectivity index (χ2n) is 6.33. The van der Waals surface area contributed by atoms with Crippen LogP contribution >= 0.6 is 35.6 Å². The molecule has 0 spiro atoms. The molecule has 8 nitrogen and oxygen atoms in total. The zero-order valence-electron chi connectivity index (χ0n) is 15.7. The SMILES string of the molecule is CN=C(NCC(O)c1ccc(Cl)cc1)N1CCN(c2cnn(C)c2)C(=O)C1.I. The lowest BCUT2D eigenvalue weighted by atomic mass is 10.1. The molecule has 0 radical (unpaired) electrons. The minimum absolute atomic E-state index is 0. The maximum Gasteiger partial charge on any atom is 0.246 e. The summed E-state index contributed by atoms with van der Waals surface area (Å²) in [6, 6.07) is 7.05. The van der Waals surface area contributed by atoms with Gasteiger partial charge < -0.3 is 20.2 Å². The Bertz CT molecular complexity index is 826. The van der Waals surface area contributed by atoms with Gasteiger partial charge >= 0.3 is 0 Å². The number of nitrogens with one attached hydrogen (secondary N) is 1. The molecule has 2 N–H and O–H groups in total. The first kappa shape index (κ1) is 22.4. The van der Waals surface area contributed by atoms with Crippen LogP contribution in [0.1, 0.15) is 11.7 Å². The van der Waals surface area contributed by atoms with Crippen molar-refractivity contribution in [3.63, 3.8) is 0 Å². The molecule has 28 heavy (non-hydrogen) atoms. The van der Waals surface area contributed by atoms with Crippen LogP contribution in [0.15, 0.2) is 41.7 Å². The Hall–Kier alpha value is -1.85. The third-order valence-corrected chi connectivity index (χ3v) is 4.70. The Balaban J connectivity index is 0.00000280. The number of guanidine groups is 1. The molecule has 0 bridgehead atoms. The van der Waals surface area contributed by atoms with Gasteiger partial charge in [-0.1, -0.05) is 23.7 Å². The van der Waals surface area contributed by atoms with E-state index in [1.807, 2.05) is 18.1 Å². The highest BCUT2D eigenvalue weighted by atomic mass is 127. The number of nitrogens with zero attached hydrogens (tertiary/aromatic N) is 5. The van der Waals surface area contributed by atoms with Crippen molar-refractivity contribution in [1.82, 2.24) is 20.0 Å². The largest absolute Gasteiger partial charge is 0.387 e. The second kappa shape index (κ2) is 10.1. The van der Waals surface area contributed by atoms with Gasteiger partial charge in [0, 0.05) is 44.9 Å². The molecule has 1 aromatic carbocycles. The van der Waals surface area contributed by atoms with Gasteiger partial charge in [0.15, 0.2) is 5.96 Å². The summed E-state index contributed by atoms with van der Waals surface area (Å²) in [6.45, 7) is 1.68. The Morgan fingerprint density at radius 2 is 2.07 bits per heavy atom. The fraction of sp³-hybridized carbons (Fsp3) is 0.389. The number of hydrogen-bond donors (Lipinski definition) is 2. The van der Waals surface area contributed by atoms with Crippen molar-refractivity contribution in [3.05, 3.63) is 47.2 Å². The second-order valence-corrected chi connectivity index (χ2v) is 6.77. The summed E-state index contributed by atoms with van der Waals surface area (Å²) < 4.78 is 1.67. The Labute approximate surface area is 186 Å². The smallest absolute Gasteiger partial charge is 0.246 e. The lowest BCUT2D eigenvalue weighted by Gasteiger charge is -2.35. The number of amides is 1. The van der Waals surface area contributed by atoms with Crippen molar-refractivity contribution in [2.75, 3.05) is 38.1 Å². The summed E-state index contributed by atoms with van der Waals surface area (Å²) in [5.41, 5.74) is 1.56. The number of aromatic nitrogens is 2. The van der Waals surface area contributed by atoms with Crippen molar-refractivity contribution in [1.29, 1.82) is 0 Å². The number of hydrogen-bond acceptors (Lipinski definition) is 4. The summed E-state index contributed by atoms with van der Waals surface area (Å²) in [7, 11) is 3.48. The van der Waals surface area contributed by atoms with E-state index < -0.39 is 6.10 Å². The summed E-state index contributed by atoms with van der Waals surface area (Å²) in [4.78, 5) is 20.4. The highest BCUT2D eigenvalue weighted by Gasteiger charge is 2.27. The number of carbonyl (C=O) groups excluding carboxylic acids is 1. The molecule has 0 aliphatic carbocycles. The Morgan fingerprint density at radius 1 is 1.36 bits per heavy atom. The fourth-order valence-electron chi connectivity index (χ4n) is 3.00. The third-order valence-electron chi connectivity index (χ3n) is 4.44. The number of halogens is 2. The minimum atomic E-state index is -0.702. The van der Waals surface area contributed by atoms with Crippen LogP contribution in [0, 0.1) is 0 Å². The monoisotopic (exact) mass is 518 g/mol. The molecule has 152 valence electrons. The maximum absolute atomic E-state index is 12.5. The van der Waals surface area contributed by atoms with Gasteiger partial charge in [-0.25, -0.2) is 0 Å². The molecule has 1 unspecified atom stereocenters. The van der Waals surface area contributed by atoms with Crippen LogP contribution in [0.2, 0.25) is 5.02 Å². The first-order valence-electron chi connectivity index (χ1n) is 8.66. The number of benzene rings is 1. The van der Waals surface area contributed by atoms with Gasteiger partial charge in [0.2, 0.25) is 5.91 Å². The third kappa shape index (κ3) is 5.36. The Kier molecular flexibility index (Phi) is 8.08. The van der Waals surface area contributed by atoms with Crippen LogP contribution in [-0.2, 0) is 11.8 Å². The van der Waals surface area contributed by atoms with E-state index in [1.54, 1.807) is 47.1 Å². The molecule has 1 aliphatic heterocycles. The van der Waals surface area contributed by atoms with Gasteiger partial charge in [0.25, 0.3) is 0 Å². The Morgan fingerprint density at radius 3 is 2.64 bits per heavy atom. The standard InChI is InChI=1S/C18H23ClN6O2.HI/c1-20-18(21-10-16(26)13-3-5-14(19)6-4-13)24-7-8-25(17(27)12-24)15-9-22-23(2)11-15;/h3-6,9,11,16,26H,7-8,10,12H2,1-2H3,(H,20,21);1H. The van der Waals surface area contributed by atoms with Crippen molar-refractivity contribution >= 4 is 53.1 Å². The number of anilines is 1. The van der Waals surface area contributed by atoms with Crippen LogP contribution in [0.25, 0.3) is 0 Å². The predicted molar refractivity (Wildman–Crippen MR) is 120 cm³/mol. The van der Waals surface area contributed by atoms with Gasteiger partial charge in [-0.05, 0) is 17.7 Å². The number of aliphatic hydroxyl groups is 1. The molecule has 2 heterocycles. The highest BCUT2D eigenvalue weighted by molar-refractivity contribution is 14.0. The van der Waals surface area contributed by atoms with E-state index in [0.717, 1.165) is 11.3 Å². The summed E-state index contributed by atoms with van der Waals surface area (Å²) in [6.07, 6.45) is 2.80. The molecular weight excluding hydrogens is 495 g/mol. The maximum atomic E-state index is 12.5. The lowest BCUT2D eigenvalue weighted by molar-refractivity contribution is -0.120. The van der Waals surface area contributed by atoms with E-state index in [9.17, 15) is 9.90 Å². The van der Waals surface area contributed by atoms with Crippen molar-refractivity contribution in [2.45, 2.75) is 6.10 Å². The van der Waals surface area contributed by atoms with Gasteiger partial charge in [0.1, 0.15) is 6.54 Å². The zero-order chi connectivity index (χ0) is 19.4. The molecule has 1 aromatic heterocycles. The molecule has 1 fully saturated rings. The quantitative estimate of drug-likeness (QED) is 0.365. The number of aliphatic imine (C=N–C) groups is 1. The van der Waals surface area contributed by atoms with Gasteiger partial charge in [0.05, 0.1) is 18.0 Å². The molecular formula is C18H24ClIN6O2. The molecule has 0 saturated carbocycles. The van der Waals surface area contributed by atoms with E-state index in [2.05, 4.69) is 15.4 Å². The van der Waals surface area contributed by atoms with Crippen LogP contribution in [-0.4, -0.2) is 64.9 Å². The molecule has 1 aliphatic rings. The van der Waals surface area contributed by atoms with E-state index >= 15 is 0 Å². The van der Waals surface area contributed by atoms with E-state index in [-0.39, 0.29) is 43.0 Å². The van der Waals surface area contributed by atoms with Gasteiger partial charge in [-0.3, -0.25) is 14.5 Å². The zero-order valence-corrected chi connectivity index (χ0v) is 18.8. The molecule has 3 rings (SSSR count).